The van der Waals surface area contributed by atoms with E-state index >= 15 is 0 Å². The molecule has 1 amide bonds. The summed E-state index contributed by atoms with van der Waals surface area (Å²) < 4.78 is 43.6. The number of benzene rings is 2. The van der Waals surface area contributed by atoms with Gasteiger partial charge in [0.2, 0.25) is 11.0 Å². The molecule has 32 heavy (non-hydrogen) atoms. The van der Waals surface area contributed by atoms with E-state index in [-0.39, 0.29) is 23.2 Å². The second-order valence-electron chi connectivity index (χ2n) is 7.29. The summed E-state index contributed by atoms with van der Waals surface area (Å²) in [7, 11) is 0. The summed E-state index contributed by atoms with van der Waals surface area (Å²) in [6.07, 6.45) is -5.99. The maximum absolute atomic E-state index is 13.0. The SMILES string of the molecule is CC(C)C(=O)N(Cc1ccc(C(F)(F)F)cc1)c1cc(-c2ccccc2)sc1OC(=O)O. The van der Waals surface area contributed by atoms with E-state index in [1.165, 1.54) is 17.0 Å². The van der Waals surface area contributed by atoms with Crippen LogP contribution in [0.1, 0.15) is 25.0 Å². The molecule has 5 nitrogen and oxygen atoms in total. The van der Waals surface area contributed by atoms with Crippen molar-refractivity contribution in [3.8, 4) is 15.5 Å². The van der Waals surface area contributed by atoms with Crippen LogP contribution >= 0.6 is 11.3 Å². The standard InChI is InChI=1S/C23H20F3NO4S/c1-14(2)20(28)27(13-15-8-10-17(11-9-15)23(24,25)26)18-12-19(16-6-4-3-5-7-16)32-21(18)31-22(29)30/h3-12,14H,13H2,1-2H3,(H,29,30). The van der Waals surface area contributed by atoms with Gasteiger partial charge in [0.1, 0.15) is 0 Å². The summed E-state index contributed by atoms with van der Waals surface area (Å²) in [5, 5.41) is 9.18. The van der Waals surface area contributed by atoms with E-state index in [1.807, 2.05) is 30.3 Å². The Hall–Kier alpha value is -3.33. The molecule has 0 bridgehead atoms. The molecule has 0 radical (unpaired) electrons. The number of ether oxygens (including phenoxy) is 1. The number of amides is 1. The van der Waals surface area contributed by atoms with Gasteiger partial charge in [-0.1, -0.05) is 67.6 Å². The lowest BCUT2D eigenvalue weighted by atomic mass is 10.1. The van der Waals surface area contributed by atoms with Gasteiger partial charge < -0.3 is 14.7 Å². The fourth-order valence-corrected chi connectivity index (χ4v) is 4.04. The van der Waals surface area contributed by atoms with E-state index in [9.17, 15) is 27.9 Å². The van der Waals surface area contributed by atoms with Crippen molar-refractivity contribution >= 4 is 29.1 Å². The maximum Gasteiger partial charge on any atom is 0.512 e. The Bertz CT molecular complexity index is 1090. The first-order valence-electron chi connectivity index (χ1n) is 9.64. The highest BCUT2D eigenvalue weighted by atomic mass is 32.1. The van der Waals surface area contributed by atoms with E-state index in [2.05, 4.69) is 0 Å². The lowest BCUT2D eigenvalue weighted by molar-refractivity contribution is -0.137. The monoisotopic (exact) mass is 463 g/mol. The predicted molar refractivity (Wildman–Crippen MR) is 116 cm³/mol. The maximum atomic E-state index is 13.0. The summed E-state index contributed by atoms with van der Waals surface area (Å²) in [5.41, 5.74) is 0.723. The Morgan fingerprint density at radius 3 is 2.22 bits per heavy atom. The van der Waals surface area contributed by atoms with Gasteiger partial charge in [-0.25, -0.2) is 4.79 Å². The molecule has 0 aliphatic rings. The number of rotatable bonds is 6. The lowest BCUT2D eigenvalue weighted by Gasteiger charge is -2.24. The Kier molecular flexibility index (Phi) is 6.88. The normalized spacial score (nSPS) is 11.4. The quantitative estimate of drug-likeness (QED) is 0.414. The van der Waals surface area contributed by atoms with E-state index in [0.717, 1.165) is 29.0 Å². The molecule has 3 aromatic rings. The van der Waals surface area contributed by atoms with Gasteiger partial charge in [0.25, 0.3) is 0 Å². The molecule has 0 unspecified atom stereocenters. The molecule has 3 rings (SSSR count). The Morgan fingerprint density at radius 2 is 1.69 bits per heavy atom. The van der Waals surface area contributed by atoms with Gasteiger partial charge in [-0.05, 0) is 29.3 Å². The average Bonchev–Trinajstić information content (AvgIpc) is 3.14. The predicted octanol–water partition coefficient (Wildman–Crippen LogP) is 6.68. The van der Waals surface area contributed by atoms with Crippen LogP contribution in [-0.4, -0.2) is 17.2 Å². The van der Waals surface area contributed by atoms with Gasteiger partial charge >= 0.3 is 12.3 Å². The van der Waals surface area contributed by atoms with Crippen LogP contribution in [0.15, 0.2) is 60.7 Å². The van der Waals surface area contributed by atoms with E-state index in [0.29, 0.717) is 10.4 Å². The Morgan fingerprint density at radius 1 is 1.06 bits per heavy atom. The van der Waals surface area contributed by atoms with Gasteiger partial charge in [0.15, 0.2) is 0 Å². The molecule has 1 N–H and O–H groups in total. The molecule has 0 aliphatic heterocycles. The molecule has 1 aromatic heterocycles. The highest BCUT2D eigenvalue weighted by Gasteiger charge is 2.31. The van der Waals surface area contributed by atoms with Gasteiger partial charge in [-0.2, -0.15) is 13.2 Å². The van der Waals surface area contributed by atoms with Crippen LogP contribution in [-0.2, 0) is 17.5 Å². The minimum absolute atomic E-state index is 0.0114. The lowest BCUT2D eigenvalue weighted by Crippen LogP contribution is -2.34. The van der Waals surface area contributed by atoms with Crippen molar-refractivity contribution in [3.63, 3.8) is 0 Å². The second-order valence-corrected chi connectivity index (χ2v) is 8.31. The molecule has 0 saturated carbocycles. The van der Waals surface area contributed by atoms with Crippen molar-refractivity contribution in [1.29, 1.82) is 0 Å². The number of hydrogen-bond donors (Lipinski definition) is 1. The zero-order valence-corrected chi connectivity index (χ0v) is 18.0. The van der Waals surface area contributed by atoms with Gasteiger partial charge in [-0.3, -0.25) is 4.79 Å². The minimum Gasteiger partial charge on any atom is -0.449 e. The largest absolute Gasteiger partial charge is 0.512 e. The van der Waals surface area contributed by atoms with Crippen molar-refractivity contribution in [1.82, 2.24) is 0 Å². The third kappa shape index (κ3) is 5.47. The highest BCUT2D eigenvalue weighted by Crippen LogP contribution is 2.44. The van der Waals surface area contributed by atoms with Crippen LogP contribution in [0.5, 0.6) is 5.06 Å². The summed E-state index contributed by atoms with van der Waals surface area (Å²) in [5.74, 6) is -0.764. The van der Waals surface area contributed by atoms with Crippen molar-refractivity contribution in [2.45, 2.75) is 26.6 Å². The zero-order chi connectivity index (χ0) is 23.5. The van der Waals surface area contributed by atoms with Crippen molar-refractivity contribution in [2.75, 3.05) is 4.90 Å². The van der Waals surface area contributed by atoms with E-state index in [4.69, 9.17) is 4.74 Å². The summed E-state index contributed by atoms with van der Waals surface area (Å²) >= 11 is 1.07. The van der Waals surface area contributed by atoms with E-state index in [1.54, 1.807) is 19.9 Å². The fraction of sp³-hybridized carbons (Fsp3) is 0.217. The molecular formula is C23H20F3NO4S. The minimum atomic E-state index is -4.47. The first kappa shape index (κ1) is 23.3. The smallest absolute Gasteiger partial charge is 0.449 e. The van der Waals surface area contributed by atoms with Crippen molar-refractivity contribution in [3.05, 3.63) is 71.8 Å². The molecule has 9 heteroatoms. The number of carbonyl (C=O) groups is 2. The average molecular weight is 463 g/mol. The third-order valence-electron chi connectivity index (χ3n) is 4.59. The third-order valence-corrected chi connectivity index (χ3v) is 5.64. The Balaban J connectivity index is 2.04. The number of hydrogen-bond acceptors (Lipinski definition) is 4. The second kappa shape index (κ2) is 9.44. The Labute approximate surface area is 186 Å². The first-order valence-corrected chi connectivity index (χ1v) is 10.5. The molecular weight excluding hydrogens is 443 g/mol. The number of carboxylic acid groups (broad SMARTS) is 1. The topological polar surface area (TPSA) is 66.8 Å². The number of halogens is 3. The number of anilines is 1. The molecule has 0 atom stereocenters. The molecule has 2 aromatic carbocycles. The van der Waals surface area contributed by atoms with E-state index < -0.39 is 23.8 Å². The van der Waals surface area contributed by atoms with Crippen LogP contribution in [0.4, 0.5) is 23.7 Å². The summed E-state index contributed by atoms with van der Waals surface area (Å²) in [4.78, 5) is 26.3. The van der Waals surface area contributed by atoms with Crippen molar-refractivity contribution < 1.29 is 32.6 Å². The van der Waals surface area contributed by atoms with Gasteiger partial charge in [0.05, 0.1) is 17.8 Å². The number of carbonyl (C=O) groups excluding carboxylic acids is 1. The van der Waals surface area contributed by atoms with Gasteiger partial charge in [0, 0.05) is 10.8 Å². The van der Waals surface area contributed by atoms with Crippen molar-refractivity contribution in [2.24, 2.45) is 5.92 Å². The van der Waals surface area contributed by atoms with Crippen LogP contribution in [0.2, 0.25) is 0 Å². The van der Waals surface area contributed by atoms with Crippen LogP contribution in [0.25, 0.3) is 10.4 Å². The molecule has 1 heterocycles. The number of alkyl halides is 3. The van der Waals surface area contributed by atoms with Crippen LogP contribution in [0.3, 0.4) is 0 Å². The number of thiophene rings is 1. The molecule has 0 aliphatic carbocycles. The molecule has 0 fully saturated rings. The summed E-state index contributed by atoms with van der Waals surface area (Å²) in [6, 6.07) is 15.3. The van der Waals surface area contributed by atoms with Gasteiger partial charge in [-0.15, -0.1) is 0 Å². The first-order chi connectivity index (χ1) is 15.1. The number of nitrogens with zero attached hydrogens (tertiary/aromatic N) is 1. The highest BCUT2D eigenvalue weighted by molar-refractivity contribution is 7.18. The fourth-order valence-electron chi connectivity index (χ4n) is 3.03. The molecule has 0 saturated heterocycles. The molecule has 168 valence electrons. The van der Waals surface area contributed by atoms with Crippen LogP contribution in [0, 0.1) is 5.92 Å². The van der Waals surface area contributed by atoms with Crippen LogP contribution < -0.4 is 9.64 Å². The zero-order valence-electron chi connectivity index (χ0n) is 17.2. The molecule has 0 spiro atoms. The summed E-state index contributed by atoms with van der Waals surface area (Å²) in [6.45, 7) is 3.32.